The van der Waals surface area contributed by atoms with Crippen LogP contribution in [0, 0.1) is 5.41 Å². The van der Waals surface area contributed by atoms with Crippen molar-refractivity contribution in [3.05, 3.63) is 29.6 Å². The van der Waals surface area contributed by atoms with Gasteiger partial charge in [-0.15, -0.1) is 0 Å². The molecular weight excluding hydrogens is 278 g/mol. The van der Waals surface area contributed by atoms with Gasteiger partial charge in [-0.05, 0) is 33.2 Å². The van der Waals surface area contributed by atoms with Crippen LogP contribution in [0.25, 0.3) is 0 Å². The number of Topliss-reactive ketones (excluding diaryl/α,β-unsaturated/α-hetero) is 1. The number of carbonyl (C=O) groups is 2. The zero-order valence-electron chi connectivity index (χ0n) is 14.7. The van der Waals surface area contributed by atoms with Gasteiger partial charge in [0.05, 0.1) is 0 Å². The molecule has 0 aliphatic carbocycles. The Hall–Kier alpha value is -1.75. The fourth-order valence-electron chi connectivity index (χ4n) is 2.18. The van der Waals surface area contributed by atoms with Crippen LogP contribution in [0.1, 0.15) is 48.5 Å². The van der Waals surface area contributed by atoms with Crippen LogP contribution < -0.4 is 0 Å². The minimum atomic E-state index is -0.550. The van der Waals surface area contributed by atoms with Crippen LogP contribution in [0.4, 0.5) is 0 Å². The Labute approximate surface area is 133 Å². The molecule has 0 bridgehead atoms. The van der Waals surface area contributed by atoms with Crippen molar-refractivity contribution < 1.29 is 9.59 Å². The van der Waals surface area contributed by atoms with E-state index < -0.39 is 5.41 Å². The van der Waals surface area contributed by atoms with Crippen LogP contribution in [0.2, 0.25) is 0 Å². The average molecular weight is 305 g/mol. The third-order valence-corrected chi connectivity index (χ3v) is 3.55. The molecular formula is C17H27N3O2. The number of nitrogens with zero attached hydrogens (tertiary/aromatic N) is 3. The predicted molar refractivity (Wildman–Crippen MR) is 88.1 cm³/mol. The molecule has 0 fully saturated rings. The van der Waals surface area contributed by atoms with E-state index in [0.717, 1.165) is 6.54 Å². The highest BCUT2D eigenvalue weighted by Crippen LogP contribution is 2.23. The first-order valence-electron chi connectivity index (χ1n) is 7.47. The second kappa shape index (κ2) is 7.01. The number of rotatable bonds is 5. The molecule has 1 aromatic rings. The lowest BCUT2D eigenvalue weighted by Gasteiger charge is -2.28. The van der Waals surface area contributed by atoms with Gasteiger partial charge in [0.1, 0.15) is 5.69 Å². The van der Waals surface area contributed by atoms with Gasteiger partial charge in [-0.25, -0.2) is 0 Å². The number of pyridine rings is 1. The van der Waals surface area contributed by atoms with Gasteiger partial charge in [0.2, 0.25) is 0 Å². The molecule has 0 aliphatic heterocycles. The molecule has 1 heterocycles. The first-order valence-corrected chi connectivity index (χ1v) is 7.47. The van der Waals surface area contributed by atoms with Crippen molar-refractivity contribution in [3.8, 4) is 0 Å². The number of carbonyl (C=O) groups excluding carboxylic acids is 2. The maximum Gasteiger partial charge on any atom is 0.273 e. The van der Waals surface area contributed by atoms with Crippen LogP contribution in [0.3, 0.4) is 0 Å². The molecule has 0 saturated carbocycles. The summed E-state index contributed by atoms with van der Waals surface area (Å²) in [5.41, 5.74) is 0.0748. The molecule has 1 unspecified atom stereocenters. The summed E-state index contributed by atoms with van der Waals surface area (Å²) in [4.78, 5) is 33.1. The lowest BCUT2D eigenvalue weighted by Crippen LogP contribution is -2.42. The van der Waals surface area contributed by atoms with Crippen molar-refractivity contribution >= 4 is 11.7 Å². The van der Waals surface area contributed by atoms with Crippen molar-refractivity contribution in [2.75, 3.05) is 27.7 Å². The Morgan fingerprint density at radius 1 is 1.23 bits per heavy atom. The highest BCUT2D eigenvalue weighted by molar-refractivity contribution is 6.08. The van der Waals surface area contributed by atoms with Crippen molar-refractivity contribution in [1.29, 1.82) is 0 Å². The van der Waals surface area contributed by atoms with E-state index >= 15 is 0 Å². The smallest absolute Gasteiger partial charge is 0.273 e. The maximum atomic E-state index is 12.7. The van der Waals surface area contributed by atoms with E-state index in [1.807, 2.05) is 46.7 Å². The van der Waals surface area contributed by atoms with E-state index in [1.54, 1.807) is 30.3 Å². The van der Waals surface area contributed by atoms with Crippen LogP contribution in [-0.4, -0.2) is 60.2 Å². The number of ketones is 1. The summed E-state index contributed by atoms with van der Waals surface area (Å²) < 4.78 is 0. The molecule has 1 atom stereocenters. The Morgan fingerprint density at radius 2 is 1.82 bits per heavy atom. The molecule has 1 aromatic heterocycles. The quantitative estimate of drug-likeness (QED) is 0.784. The normalized spacial score (nSPS) is 13.1. The lowest BCUT2D eigenvalue weighted by atomic mass is 9.85. The third kappa shape index (κ3) is 4.37. The minimum Gasteiger partial charge on any atom is -0.336 e. The largest absolute Gasteiger partial charge is 0.336 e. The number of hydrogen-bond acceptors (Lipinski definition) is 4. The van der Waals surface area contributed by atoms with Crippen molar-refractivity contribution in [2.24, 2.45) is 5.41 Å². The summed E-state index contributed by atoms with van der Waals surface area (Å²) in [5.74, 6) is -0.292. The number of hydrogen-bond donors (Lipinski definition) is 0. The molecule has 5 heteroatoms. The van der Waals surface area contributed by atoms with Gasteiger partial charge in [0.25, 0.3) is 5.91 Å². The molecule has 0 saturated heterocycles. The molecule has 0 aromatic carbocycles. The van der Waals surface area contributed by atoms with E-state index in [2.05, 4.69) is 4.98 Å². The SMILES string of the molecule is CC(CN(C)C)N(C)C(=O)c1ncccc1C(=O)C(C)(C)C. The molecule has 5 nitrogen and oxygen atoms in total. The van der Waals surface area contributed by atoms with E-state index in [-0.39, 0.29) is 23.4 Å². The van der Waals surface area contributed by atoms with Gasteiger partial charge in [-0.3, -0.25) is 14.6 Å². The highest BCUT2D eigenvalue weighted by atomic mass is 16.2. The van der Waals surface area contributed by atoms with Gasteiger partial charge >= 0.3 is 0 Å². The fraction of sp³-hybridized carbons (Fsp3) is 0.588. The summed E-state index contributed by atoms with van der Waals surface area (Å²) >= 11 is 0. The first-order chi connectivity index (χ1) is 10.1. The molecule has 122 valence electrons. The topological polar surface area (TPSA) is 53.5 Å². The number of amides is 1. The van der Waals surface area contributed by atoms with Crippen LogP contribution in [0.15, 0.2) is 18.3 Å². The predicted octanol–water partition coefficient (Wildman–Crippen LogP) is 2.33. The van der Waals surface area contributed by atoms with Gasteiger partial charge < -0.3 is 9.80 Å². The Kier molecular flexibility index (Phi) is 5.83. The Bertz CT molecular complexity index is 547. The maximum absolute atomic E-state index is 12.7. The summed E-state index contributed by atoms with van der Waals surface area (Å²) in [7, 11) is 5.67. The third-order valence-electron chi connectivity index (χ3n) is 3.55. The Morgan fingerprint density at radius 3 is 2.32 bits per heavy atom. The van der Waals surface area contributed by atoms with Gasteiger partial charge in [0, 0.05) is 36.8 Å². The molecule has 0 N–H and O–H groups in total. The van der Waals surface area contributed by atoms with Crippen LogP contribution in [-0.2, 0) is 0 Å². The Balaban J connectivity index is 3.12. The van der Waals surface area contributed by atoms with Gasteiger partial charge in [-0.1, -0.05) is 20.8 Å². The van der Waals surface area contributed by atoms with Crippen molar-refractivity contribution in [2.45, 2.75) is 33.7 Å². The minimum absolute atomic E-state index is 0.0297. The second-order valence-corrected chi connectivity index (χ2v) is 7.01. The van der Waals surface area contributed by atoms with Gasteiger partial charge in [0.15, 0.2) is 5.78 Å². The summed E-state index contributed by atoms with van der Waals surface area (Å²) in [6.07, 6.45) is 1.55. The zero-order chi connectivity index (χ0) is 17.1. The number of likely N-dealkylation sites (N-methyl/N-ethyl adjacent to an activating group) is 2. The summed E-state index contributed by atoms with van der Waals surface area (Å²) in [5, 5.41) is 0. The second-order valence-electron chi connectivity index (χ2n) is 7.01. The molecule has 1 amide bonds. The zero-order valence-corrected chi connectivity index (χ0v) is 14.7. The summed E-state index contributed by atoms with van der Waals surface area (Å²) in [6, 6.07) is 3.40. The van der Waals surface area contributed by atoms with Crippen LogP contribution in [0.5, 0.6) is 0 Å². The van der Waals surface area contributed by atoms with Gasteiger partial charge in [-0.2, -0.15) is 0 Å². The van der Waals surface area contributed by atoms with Crippen LogP contribution >= 0.6 is 0 Å². The first kappa shape index (κ1) is 18.3. The average Bonchev–Trinajstić information content (AvgIpc) is 2.43. The standard InChI is InChI=1S/C17H27N3O2/c1-12(11-19(5)6)20(7)16(22)14-13(9-8-10-18-14)15(21)17(2,3)4/h8-10,12H,11H2,1-7H3. The fourth-order valence-corrected chi connectivity index (χ4v) is 2.18. The lowest BCUT2D eigenvalue weighted by molar-refractivity contribution is 0.0706. The molecule has 0 radical (unpaired) electrons. The highest BCUT2D eigenvalue weighted by Gasteiger charge is 2.29. The van der Waals surface area contributed by atoms with E-state index in [9.17, 15) is 9.59 Å². The van der Waals surface area contributed by atoms with Crippen molar-refractivity contribution in [1.82, 2.24) is 14.8 Å². The molecule has 0 aliphatic rings. The number of aromatic nitrogens is 1. The molecule has 0 spiro atoms. The molecule has 22 heavy (non-hydrogen) atoms. The molecule has 1 rings (SSSR count). The van der Waals surface area contributed by atoms with Crippen molar-refractivity contribution in [3.63, 3.8) is 0 Å². The summed E-state index contributed by atoms with van der Waals surface area (Å²) in [6.45, 7) is 8.25. The monoisotopic (exact) mass is 305 g/mol. The van der Waals surface area contributed by atoms with E-state index in [4.69, 9.17) is 0 Å². The van der Waals surface area contributed by atoms with E-state index in [1.165, 1.54) is 0 Å². The van der Waals surface area contributed by atoms with E-state index in [0.29, 0.717) is 5.56 Å².